The first-order valence-corrected chi connectivity index (χ1v) is 8.83. The third-order valence-electron chi connectivity index (χ3n) is 3.94. The fraction of sp³-hybridized carbons (Fsp3) is 0.300. The van der Waals surface area contributed by atoms with Crippen molar-refractivity contribution in [3.05, 3.63) is 53.3 Å². The summed E-state index contributed by atoms with van der Waals surface area (Å²) >= 11 is 0. The Morgan fingerprint density at radius 3 is 2.78 bits per heavy atom. The summed E-state index contributed by atoms with van der Waals surface area (Å²) in [6, 6.07) is 11.8. The number of hydrogen-bond donors (Lipinski definition) is 2. The number of nitriles is 1. The van der Waals surface area contributed by atoms with Crippen molar-refractivity contribution >= 4 is 11.6 Å². The van der Waals surface area contributed by atoms with E-state index < -0.39 is 0 Å². The molecule has 0 bridgehead atoms. The van der Waals surface area contributed by atoms with Gasteiger partial charge in [0.2, 0.25) is 0 Å². The Hall–Kier alpha value is -3.27. The van der Waals surface area contributed by atoms with Gasteiger partial charge >= 0.3 is 0 Å². The third kappa shape index (κ3) is 4.88. The number of halogens is 1. The molecule has 1 aliphatic rings. The van der Waals surface area contributed by atoms with Crippen molar-refractivity contribution in [2.45, 2.75) is 19.9 Å². The van der Waals surface area contributed by atoms with Crippen LogP contribution in [0, 0.1) is 17.1 Å². The van der Waals surface area contributed by atoms with Crippen LogP contribution in [-0.4, -0.2) is 25.7 Å². The molecule has 0 aliphatic carbocycles. The number of guanidine groups is 1. The van der Waals surface area contributed by atoms with E-state index in [4.69, 9.17) is 14.7 Å². The third-order valence-corrected chi connectivity index (χ3v) is 3.94. The van der Waals surface area contributed by atoms with Crippen LogP contribution in [0.4, 0.5) is 10.1 Å². The van der Waals surface area contributed by atoms with Gasteiger partial charge in [-0.05, 0) is 37.3 Å². The molecule has 140 valence electrons. The lowest BCUT2D eigenvalue weighted by Gasteiger charge is -2.14. The molecule has 0 fully saturated rings. The molecule has 1 aliphatic heterocycles. The molecule has 6 nitrogen and oxygen atoms in total. The topological polar surface area (TPSA) is 78.7 Å². The van der Waals surface area contributed by atoms with Crippen LogP contribution in [0.2, 0.25) is 0 Å². The first-order valence-electron chi connectivity index (χ1n) is 8.83. The first kappa shape index (κ1) is 18.5. The second-order valence-electron chi connectivity index (χ2n) is 5.95. The Morgan fingerprint density at radius 1 is 1.19 bits per heavy atom. The first-order chi connectivity index (χ1) is 13.2. The van der Waals surface area contributed by atoms with Crippen molar-refractivity contribution in [1.29, 1.82) is 5.26 Å². The molecule has 3 rings (SSSR count). The molecule has 0 saturated heterocycles. The number of benzene rings is 2. The van der Waals surface area contributed by atoms with Crippen LogP contribution in [-0.2, 0) is 6.54 Å². The zero-order valence-corrected chi connectivity index (χ0v) is 15.1. The standard InChI is InChI=1S/C20H21FN4O2/c1-2-23-20(24-13-15-10-14(12-22)4-6-17(15)21)25-16-5-7-18-19(11-16)27-9-3-8-26-18/h4-7,10-11H,2-3,8-9,13H2,1H3,(H2,23,24,25). The quantitative estimate of drug-likeness (QED) is 0.638. The molecule has 2 aromatic rings. The zero-order valence-electron chi connectivity index (χ0n) is 15.1. The lowest BCUT2D eigenvalue weighted by atomic mass is 10.1. The molecule has 2 aromatic carbocycles. The normalized spacial score (nSPS) is 13.4. The second-order valence-corrected chi connectivity index (χ2v) is 5.95. The minimum atomic E-state index is -0.385. The maximum atomic E-state index is 13.9. The van der Waals surface area contributed by atoms with Gasteiger partial charge in [0.1, 0.15) is 5.82 Å². The van der Waals surface area contributed by atoms with Crippen molar-refractivity contribution < 1.29 is 13.9 Å². The van der Waals surface area contributed by atoms with Crippen molar-refractivity contribution in [2.24, 2.45) is 4.99 Å². The lowest BCUT2D eigenvalue weighted by molar-refractivity contribution is 0.297. The van der Waals surface area contributed by atoms with Crippen LogP contribution in [0.5, 0.6) is 11.5 Å². The highest BCUT2D eigenvalue weighted by Crippen LogP contribution is 2.32. The number of nitrogens with zero attached hydrogens (tertiary/aromatic N) is 2. The van der Waals surface area contributed by atoms with Crippen LogP contribution in [0.1, 0.15) is 24.5 Å². The summed E-state index contributed by atoms with van der Waals surface area (Å²) in [7, 11) is 0. The average molecular weight is 368 g/mol. The van der Waals surface area contributed by atoms with Crippen molar-refractivity contribution in [3.63, 3.8) is 0 Å². The zero-order chi connectivity index (χ0) is 19.1. The SMILES string of the molecule is CCNC(=NCc1cc(C#N)ccc1F)Nc1ccc2c(c1)OCCCO2. The number of aliphatic imine (C=N–C) groups is 1. The molecule has 0 spiro atoms. The fourth-order valence-corrected chi connectivity index (χ4v) is 2.61. The highest BCUT2D eigenvalue weighted by atomic mass is 19.1. The number of nitrogens with one attached hydrogen (secondary N) is 2. The van der Waals surface area contributed by atoms with E-state index in [0.717, 1.165) is 17.9 Å². The Bertz CT molecular complexity index is 877. The Kier molecular flexibility index (Phi) is 6.10. The molecule has 2 N–H and O–H groups in total. The van der Waals surface area contributed by atoms with Gasteiger partial charge in [0.05, 0.1) is 31.4 Å². The van der Waals surface area contributed by atoms with E-state index in [1.54, 1.807) is 0 Å². The summed E-state index contributed by atoms with van der Waals surface area (Å²) in [5.41, 5.74) is 1.55. The smallest absolute Gasteiger partial charge is 0.196 e. The van der Waals surface area contributed by atoms with Gasteiger partial charge in [0.25, 0.3) is 0 Å². The van der Waals surface area contributed by atoms with E-state index in [1.165, 1.54) is 18.2 Å². The highest BCUT2D eigenvalue weighted by molar-refractivity contribution is 5.93. The summed E-state index contributed by atoms with van der Waals surface area (Å²) in [4.78, 5) is 4.42. The van der Waals surface area contributed by atoms with Gasteiger partial charge in [-0.15, -0.1) is 0 Å². The Labute approximate surface area is 157 Å². The summed E-state index contributed by atoms with van der Waals surface area (Å²) in [6.07, 6.45) is 0.842. The van der Waals surface area contributed by atoms with Gasteiger partial charge in [-0.25, -0.2) is 9.38 Å². The van der Waals surface area contributed by atoms with E-state index in [9.17, 15) is 4.39 Å². The predicted octanol–water partition coefficient (Wildman–Crippen LogP) is 3.44. The van der Waals surface area contributed by atoms with E-state index in [1.807, 2.05) is 31.2 Å². The van der Waals surface area contributed by atoms with E-state index in [0.29, 0.717) is 42.6 Å². The lowest BCUT2D eigenvalue weighted by Crippen LogP contribution is -2.30. The van der Waals surface area contributed by atoms with Gasteiger partial charge in [0.15, 0.2) is 17.5 Å². The molecule has 0 aromatic heterocycles. The van der Waals surface area contributed by atoms with Gasteiger partial charge in [-0.1, -0.05) is 0 Å². The van der Waals surface area contributed by atoms with Crippen molar-refractivity contribution in [2.75, 3.05) is 25.1 Å². The molecular formula is C20H21FN4O2. The molecule has 27 heavy (non-hydrogen) atoms. The van der Waals surface area contributed by atoms with Crippen molar-refractivity contribution in [1.82, 2.24) is 5.32 Å². The molecule has 0 atom stereocenters. The maximum Gasteiger partial charge on any atom is 0.196 e. The summed E-state index contributed by atoms with van der Waals surface area (Å²) in [6.45, 7) is 3.96. The van der Waals surface area contributed by atoms with Crippen LogP contribution in [0.3, 0.4) is 0 Å². The fourth-order valence-electron chi connectivity index (χ4n) is 2.61. The minimum Gasteiger partial charge on any atom is -0.490 e. The summed E-state index contributed by atoms with van der Waals surface area (Å²) in [5.74, 6) is 1.52. The Morgan fingerprint density at radius 2 is 2.00 bits per heavy atom. The molecular weight excluding hydrogens is 347 g/mol. The molecule has 7 heteroatoms. The predicted molar refractivity (Wildman–Crippen MR) is 102 cm³/mol. The monoisotopic (exact) mass is 368 g/mol. The number of fused-ring (bicyclic) bond motifs is 1. The molecule has 0 unspecified atom stereocenters. The van der Waals surface area contributed by atoms with E-state index in [-0.39, 0.29) is 12.4 Å². The van der Waals surface area contributed by atoms with Crippen molar-refractivity contribution in [3.8, 4) is 17.6 Å². The molecule has 1 heterocycles. The van der Waals surface area contributed by atoms with Gasteiger partial charge < -0.3 is 20.1 Å². The van der Waals surface area contributed by atoms with Gasteiger partial charge in [-0.3, -0.25) is 0 Å². The second kappa shape index (κ2) is 8.90. The minimum absolute atomic E-state index is 0.112. The van der Waals surface area contributed by atoms with Crippen LogP contribution in [0.15, 0.2) is 41.4 Å². The molecule has 0 saturated carbocycles. The molecule has 0 radical (unpaired) electrons. The van der Waals surface area contributed by atoms with Crippen LogP contribution in [0.25, 0.3) is 0 Å². The Balaban J connectivity index is 1.77. The van der Waals surface area contributed by atoms with Gasteiger partial charge in [0, 0.05) is 30.3 Å². The number of anilines is 1. The van der Waals surface area contributed by atoms with E-state index >= 15 is 0 Å². The average Bonchev–Trinajstić information content (AvgIpc) is 2.92. The molecule has 0 amide bonds. The van der Waals surface area contributed by atoms with Crippen LogP contribution >= 0.6 is 0 Å². The number of hydrogen-bond acceptors (Lipinski definition) is 4. The summed E-state index contributed by atoms with van der Waals surface area (Å²) in [5, 5.41) is 15.3. The maximum absolute atomic E-state index is 13.9. The summed E-state index contributed by atoms with van der Waals surface area (Å²) < 4.78 is 25.3. The van der Waals surface area contributed by atoms with Gasteiger partial charge in [-0.2, -0.15) is 5.26 Å². The van der Waals surface area contributed by atoms with E-state index in [2.05, 4.69) is 15.6 Å². The number of rotatable bonds is 4. The highest BCUT2D eigenvalue weighted by Gasteiger charge is 2.11. The number of ether oxygens (including phenoxy) is 2. The largest absolute Gasteiger partial charge is 0.490 e. The van der Waals surface area contributed by atoms with Crippen LogP contribution < -0.4 is 20.1 Å².